The Morgan fingerprint density at radius 3 is 2.26 bits per heavy atom. The molecule has 0 saturated carbocycles. The molecule has 7 heteroatoms. The van der Waals surface area contributed by atoms with Crippen molar-refractivity contribution in [1.82, 2.24) is 4.31 Å². The van der Waals surface area contributed by atoms with Crippen molar-refractivity contribution in [2.75, 3.05) is 25.0 Å². The number of ether oxygens (including phenoxy) is 1. The van der Waals surface area contributed by atoms with Gasteiger partial charge in [-0.05, 0) is 48.7 Å². The standard InChI is InChI=1S/C24H30N2O4S/c1-5-16-26(17-6-2)31(28,29)21-13-11-20(12-14-21)25-24(27)22-9-7-8-10-23(22)30-18-15-19(3)4/h5-14,19H,1-2,15-18H2,3-4H3,(H,25,27). The van der Waals surface area contributed by atoms with E-state index in [1.165, 1.54) is 28.6 Å². The summed E-state index contributed by atoms with van der Waals surface area (Å²) in [4.78, 5) is 12.9. The summed E-state index contributed by atoms with van der Waals surface area (Å²) >= 11 is 0. The van der Waals surface area contributed by atoms with Crippen molar-refractivity contribution in [3.8, 4) is 5.75 Å². The number of rotatable bonds is 12. The Morgan fingerprint density at radius 1 is 1.06 bits per heavy atom. The highest BCUT2D eigenvalue weighted by Crippen LogP contribution is 2.22. The highest BCUT2D eigenvalue weighted by atomic mass is 32.2. The summed E-state index contributed by atoms with van der Waals surface area (Å²) in [6.45, 7) is 12.3. The Labute approximate surface area is 185 Å². The first-order valence-corrected chi connectivity index (χ1v) is 11.6. The molecule has 2 rings (SSSR count). The fourth-order valence-corrected chi connectivity index (χ4v) is 4.18. The summed E-state index contributed by atoms with van der Waals surface area (Å²) in [7, 11) is -3.69. The number of nitrogens with zero attached hydrogens (tertiary/aromatic N) is 1. The molecule has 0 bridgehead atoms. The van der Waals surface area contributed by atoms with Gasteiger partial charge in [0.15, 0.2) is 0 Å². The number of amides is 1. The smallest absolute Gasteiger partial charge is 0.259 e. The topological polar surface area (TPSA) is 75.7 Å². The third-order valence-electron chi connectivity index (χ3n) is 4.50. The molecule has 1 amide bonds. The zero-order valence-corrected chi connectivity index (χ0v) is 18.9. The average molecular weight is 443 g/mol. The molecule has 31 heavy (non-hydrogen) atoms. The van der Waals surface area contributed by atoms with Gasteiger partial charge in [-0.15, -0.1) is 13.2 Å². The van der Waals surface area contributed by atoms with Gasteiger partial charge < -0.3 is 10.1 Å². The number of carbonyl (C=O) groups excluding carboxylic acids is 1. The van der Waals surface area contributed by atoms with E-state index >= 15 is 0 Å². The van der Waals surface area contributed by atoms with Crippen LogP contribution < -0.4 is 10.1 Å². The second kappa shape index (κ2) is 11.5. The lowest BCUT2D eigenvalue weighted by atomic mass is 10.1. The summed E-state index contributed by atoms with van der Waals surface area (Å²) < 4.78 is 32.6. The molecule has 2 aromatic carbocycles. The van der Waals surface area contributed by atoms with Crippen molar-refractivity contribution in [2.24, 2.45) is 5.92 Å². The van der Waals surface area contributed by atoms with E-state index < -0.39 is 10.0 Å². The van der Waals surface area contributed by atoms with Crippen molar-refractivity contribution in [2.45, 2.75) is 25.2 Å². The maximum Gasteiger partial charge on any atom is 0.259 e. The fraction of sp³-hybridized carbons (Fsp3) is 0.292. The SMILES string of the molecule is C=CCN(CC=C)S(=O)(=O)c1ccc(NC(=O)c2ccccc2OCCC(C)C)cc1. The molecule has 0 unspecified atom stereocenters. The monoisotopic (exact) mass is 442 g/mol. The van der Waals surface area contributed by atoms with Gasteiger partial charge in [0.25, 0.3) is 5.91 Å². The van der Waals surface area contributed by atoms with E-state index in [1.807, 2.05) is 6.07 Å². The van der Waals surface area contributed by atoms with E-state index in [4.69, 9.17) is 4.74 Å². The molecule has 166 valence electrons. The maximum atomic E-state index is 12.8. The normalized spacial score (nSPS) is 11.4. The van der Waals surface area contributed by atoms with E-state index in [9.17, 15) is 13.2 Å². The Balaban J connectivity index is 2.14. The highest BCUT2D eigenvalue weighted by molar-refractivity contribution is 7.89. The maximum absolute atomic E-state index is 12.8. The first kappa shape index (κ1) is 24.4. The highest BCUT2D eigenvalue weighted by Gasteiger charge is 2.22. The van der Waals surface area contributed by atoms with Crippen molar-refractivity contribution < 1.29 is 17.9 Å². The van der Waals surface area contributed by atoms with Crippen LogP contribution in [0.2, 0.25) is 0 Å². The Morgan fingerprint density at radius 2 is 1.68 bits per heavy atom. The van der Waals surface area contributed by atoms with Gasteiger partial charge in [0, 0.05) is 18.8 Å². The molecule has 6 nitrogen and oxygen atoms in total. The minimum atomic E-state index is -3.69. The van der Waals surface area contributed by atoms with Crippen LogP contribution in [0.25, 0.3) is 0 Å². The van der Waals surface area contributed by atoms with E-state index in [0.29, 0.717) is 29.5 Å². The Bertz CT molecular complexity index is 988. The number of para-hydroxylation sites is 1. The largest absolute Gasteiger partial charge is 0.493 e. The van der Waals surface area contributed by atoms with Crippen LogP contribution in [-0.4, -0.2) is 38.3 Å². The molecule has 1 N–H and O–H groups in total. The van der Waals surface area contributed by atoms with Crippen LogP contribution in [0.3, 0.4) is 0 Å². The molecule has 0 fully saturated rings. The summed E-state index contributed by atoms with van der Waals surface area (Å²) in [5, 5.41) is 2.80. The number of sulfonamides is 1. The van der Waals surface area contributed by atoms with Gasteiger partial charge in [-0.2, -0.15) is 4.31 Å². The van der Waals surface area contributed by atoms with Crippen LogP contribution >= 0.6 is 0 Å². The summed E-state index contributed by atoms with van der Waals surface area (Å²) in [5.74, 6) is 0.699. The molecule has 0 heterocycles. The zero-order chi connectivity index (χ0) is 22.9. The van der Waals surface area contributed by atoms with Crippen molar-refractivity contribution in [3.63, 3.8) is 0 Å². The summed E-state index contributed by atoms with van der Waals surface area (Å²) in [5.41, 5.74) is 0.908. The zero-order valence-electron chi connectivity index (χ0n) is 18.1. The molecule has 0 aliphatic heterocycles. The van der Waals surface area contributed by atoms with Gasteiger partial charge >= 0.3 is 0 Å². The molecule has 0 radical (unpaired) electrons. The quantitative estimate of drug-likeness (QED) is 0.482. The van der Waals surface area contributed by atoms with Gasteiger partial charge in [-0.25, -0.2) is 8.42 Å². The fourth-order valence-electron chi connectivity index (χ4n) is 2.80. The second-order valence-electron chi connectivity index (χ2n) is 7.41. The number of anilines is 1. The third kappa shape index (κ3) is 6.80. The average Bonchev–Trinajstić information content (AvgIpc) is 2.74. The van der Waals surface area contributed by atoms with Crippen molar-refractivity contribution in [3.05, 3.63) is 79.4 Å². The number of hydrogen-bond acceptors (Lipinski definition) is 4. The van der Waals surface area contributed by atoms with Crippen LogP contribution in [0.4, 0.5) is 5.69 Å². The molecule has 0 aromatic heterocycles. The van der Waals surface area contributed by atoms with Crippen LogP contribution in [-0.2, 0) is 10.0 Å². The molecule has 0 aliphatic rings. The minimum Gasteiger partial charge on any atom is -0.493 e. The summed E-state index contributed by atoms with van der Waals surface area (Å²) in [6.07, 6.45) is 3.94. The first-order valence-electron chi connectivity index (χ1n) is 10.1. The van der Waals surface area contributed by atoms with Gasteiger partial charge in [-0.1, -0.05) is 38.1 Å². The lowest BCUT2D eigenvalue weighted by Crippen LogP contribution is -2.31. The van der Waals surface area contributed by atoms with Crippen LogP contribution in [0.1, 0.15) is 30.6 Å². The van der Waals surface area contributed by atoms with Gasteiger partial charge in [0.2, 0.25) is 10.0 Å². The van der Waals surface area contributed by atoms with Crippen LogP contribution in [0, 0.1) is 5.92 Å². The molecule has 0 aliphatic carbocycles. The summed E-state index contributed by atoms with van der Waals surface area (Å²) in [6, 6.07) is 13.1. The van der Waals surface area contributed by atoms with Gasteiger partial charge in [0.1, 0.15) is 5.75 Å². The first-order chi connectivity index (χ1) is 14.8. The molecule has 0 atom stereocenters. The molecule has 0 saturated heterocycles. The predicted octanol–water partition coefficient (Wildman–Crippen LogP) is 4.73. The number of nitrogens with one attached hydrogen (secondary N) is 1. The minimum absolute atomic E-state index is 0.131. The lowest BCUT2D eigenvalue weighted by molar-refractivity contribution is 0.102. The third-order valence-corrected chi connectivity index (χ3v) is 6.35. The van der Waals surface area contributed by atoms with E-state index in [1.54, 1.807) is 30.3 Å². The molecular formula is C24H30N2O4S. The number of hydrogen-bond donors (Lipinski definition) is 1. The van der Waals surface area contributed by atoms with E-state index in [0.717, 1.165) is 6.42 Å². The predicted molar refractivity (Wildman–Crippen MR) is 125 cm³/mol. The molecule has 0 spiro atoms. The molecule has 2 aromatic rings. The second-order valence-corrected chi connectivity index (χ2v) is 9.34. The van der Waals surface area contributed by atoms with Crippen molar-refractivity contribution >= 4 is 21.6 Å². The molecular weight excluding hydrogens is 412 g/mol. The van der Waals surface area contributed by atoms with Crippen LogP contribution in [0.5, 0.6) is 5.75 Å². The number of carbonyl (C=O) groups is 1. The Kier molecular flexibility index (Phi) is 9.03. The van der Waals surface area contributed by atoms with E-state index in [-0.39, 0.29) is 23.9 Å². The van der Waals surface area contributed by atoms with E-state index in [2.05, 4.69) is 32.3 Å². The van der Waals surface area contributed by atoms with Gasteiger partial charge in [0.05, 0.1) is 17.1 Å². The lowest BCUT2D eigenvalue weighted by Gasteiger charge is -2.19. The van der Waals surface area contributed by atoms with Crippen molar-refractivity contribution in [1.29, 1.82) is 0 Å². The van der Waals surface area contributed by atoms with Gasteiger partial charge in [-0.3, -0.25) is 4.79 Å². The number of benzene rings is 2. The Hall–Kier alpha value is -2.90. The van der Waals surface area contributed by atoms with Crippen LogP contribution in [0.15, 0.2) is 78.7 Å².